The summed E-state index contributed by atoms with van der Waals surface area (Å²) in [5, 5.41) is 9.85. The standard InChI is InChI=1S/C15H24N2O3/c1-5-17(10-15(3,4)19)14(18)11-7-8-13(20-6-2)12(16)9-11/h7-9,19H,5-6,10,16H2,1-4H3. The molecule has 112 valence electrons. The number of hydrogen-bond donors (Lipinski definition) is 2. The number of nitrogens with zero attached hydrogens (tertiary/aromatic N) is 1. The number of aliphatic hydroxyl groups is 1. The van der Waals surface area contributed by atoms with Gasteiger partial charge in [-0.1, -0.05) is 0 Å². The zero-order chi connectivity index (χ0) is 15.3. The van der Waals surface area contributed by atoms with E-state index in [0.29, 0.717) is 30.2 Å². The van der Waals surface area contributed by atoms with Crippen molar-refractivity contribution in [2.45, 2.75) is 33.3 Å². The van der Waals surface area contributed by atoms with Crippen LogP contribution in [0.2, 0.25) is 0 Å². The number of carbonyl (C=O) groups is 1. The highest BCUT2D eigenvalue weighted by molar-refractivity contribution is 5.95. The van der Waals surface area contributed by atoms with E-state index in [1.165, 1.54) is 0 Å². The van der Waals surface area contributed by atoms with Crippen molar-refractivity contribution < 1.29 is 14.6 Å². The van der Waals surface area contributed by atoms with Gasteiger partial charge in [-0.15, -0.1) is 0 Å². The second kappa shape index (κ2) is 6.61. The molecule has 0 bridgehead atoms. The molecule has 0 aromatic heterocycles. The number of likely N-dealkylation sites (N-methyl/N-ethyl adjacent to an activating group) is 1. The minimum Gasteiger partial charge on any atom is -0.492 e. The van der Waals surface area contributed by atoms with Gasteiger partial charge in [-0.3, -0.25) is 4.79 Å². The predicted molar refractivity (Wildman–Crippen MR) is 79.9 cm³/mol. The van der Waals surface area contributed by atoms with Gasteiger partial charge in [0.25, 0.3) is 5.91 Å². The molecule has 0 saturated heterocycles. The van der Waals surface area contributed by atoms with Gasteiger partial charge in [0.15, 0.2) is 0 Å². The predicted octanol–water partition coefficient (Wildman–Crippen LogP) is 1.90. The molecular formula is C15H24N2O3. The van der Waals surface area contributed by atoms with Crippen LogP contribution < -0.4 is 10.5 Å². The summed E-state index contributed by atoms with van der Waals surface area (Å²) in [4.78, 5) is 14.0. The Bertz CT molecular complexity index is 467. The van der Waals surface area contributed by atoms with Crippen molar-refractivity contribution in [1.82, 2.24) is 4.90 Å². The van der Waals surface area contributed by atoms with Crippen molar-refractivity contribution in [2.75, 3.05) is 25.4 Å². The first-order valence-corrected chi connectivity index (χ1v) is 6.82. The van der Waals surface area contributed by atoms with E-state index in [9.17, 15) is 9.90 Å². The van der Waals surface area contributed by atoms with Crippen LogP contribution in [0.3, 0.4) is 0 Å². The first kappa shape index (κ1) is 16.3. The van der Waals surface area contributed by atoms with Gasteiger partial charge in [0, 0.05) is 18.7 Å². The molecule has 0 heterocycles. The Labute approximate surface area is 120 Å². The van der Waals surface area contributed by atoms with Gasteiger partial charge in [-0.25, -0.2) is 0 Å². The summed E-state index contributed by atoms with van der Waals surface area (Å²) in [5.74, 6) is 0.430. The van der Waals surface area contributed by atoms with E-state index in [2.05, 4.69) is 0 Å². The number of ether oxygens (including phenoxy) is 1. The largest absolute Gasteiger partial charge is 0.492 e. The van der Waals surface area contributed by atoms with Gasteiger partial charge in [0.2, 0.25) is 0 Å². The number of nitrogens with two attached hydrogens (primary N) is 1. The molecule has 0 aliphatic carbocycles. The molecule has 1 amide bonds. The zero-order valence-corrected chi connectivity index (χ0v) is 12.6. The zero-order valence-electron chi connectivity index (χ0n) is 12.6. The average Bonchev–Trinajstić information content (AvgIpc) is 2.36. The van der Waals surface area contributed by atoms with Gasteiger partial charge >= 0.3 is 0 Å². The molecular weight excluding hydrogens is 256 g/mol. The van der Waals surface area contributed by atoms with Crippen LogP contribution in [-0.4, -0.2) is 41.2 Å². The maximum absolute atomic E-state index is 12.4. The lowest BCUT2D eigenvalue weighted by molar-refractivity contribution is 0.0314. The molecule has 0 radical (unpaired) electrons. The van der Waals surface area contributed by atoms with Crippen molar-refractivity contribution in [2.24, 2.45) is 0 Å². The van der Waals surface area contributed by atoms with E-state index in [4.69, 9.17) is 10.5 Å². The van der Waals surface area contributed by atoms with E-state index in [0.717, 1.165) is 0 Å². The highest BCUT2D eigenvalue weighted by Crippen LogP contribution is 2.23. The topological polar surface area (TPSA) is 75.8 Å². The van der Waals surface area contributed by atoms with Crippen LogP contribution in [0.15, 0.2) is 18.2 Å². The van der Waals surface area contributed by atoms with Crippen molar-refractivity contribution >= 4 is 11.6 Å². The van der Waals surface area contributed by atoms with Crippen molar-refractivity contribution in [1.29, 1.82) is 0 Å². The van der Waals surface area contributed by atoms with Crippen LogP contribution in [0, 0.1) is 0 Å². The molecule has 0 unspecified atom stereocenters. The highest BCUT2D eigenvalue weighted by atomic mass is 16.5. The summed E-state index contributed by atoms with van der Waals surface area (Å²) in [6.07, 6.45) is 0. The average molecular weight is 280 g/mol. The number of hydrogen-bond acceptors (Lipinski definition) is 4. The second-order valence-corrected chi connectivity index (χ2v) is 5.32. The van der Waals surface area contributed by atoms with E-state index in [1.807, 2.05) is 13.8 Å². The quantitative estimate of drug-likeness (QED) is 0.780. The number of nitrogen functional groups attached to an aromatic ring is 1. The van der Waals surface area contributed by atoms with Crippen LogP contribution >= 0.6 is 0 Å². The molecule has 0 fully saturated rings. The fraction of sp³-hybridized carbons (Fsp3) is 0.533. The maximum Gasteiger partial charge on any atom is 0.254 e. The molecule has 3 N–H and O–H groups in total. The lowest BCUT2D eigenvalue weighted by Gasteiger charge is -2.28. The molecule has 0 spiro atoms. The van der Waals surface area contributed by atoms with Crippen molar-refractivity contribution in [3.8, 4) is 5.75 Å². The number of amides is 1. The Balaban J connectivity index is 2.93. The van der Waals surface area contributed by atoms with Gasteiger partial charge in [0.05, 0.1) is 17.9 Å². The third-order valence-corrected chi connectivity index (χ3v) is 2.80. The SMILES string of the molecule is CCOc1ccc(C(=O)N(CC)CC(C)(C)O)cc1N. The van der Waals surface area contributed by atoms with E-state index >= 15 is 0 Å². The molecule has 1 aromatic carbocycles. The summed E-state index contributed by atoms with van der Waals surface area (Å²) in [7, 11) is 0. The molecule has 5 heteroatoms. The molecule has 0 atom stereocenters. The monoisotopic (exact) mass is 280 g/mol. The van der Waals surface area contributed by atoms with Gasteiger partial charge in [-0.2, -0.15) is 0 Å². The molecule has 1 aromatic rings. The number of carbonyl (C=O) groups excluding carboxylic acids is 1. The van der Waals surface area contributed by atoms with E-state index in [1.54, 1.807) is 36.9 Å². The molecule has 0 aliphatic heterocycles. The Morgan fingerprint density at radius 2 is 2.05 bits per heavy atom. The van der Waals surface area contributed by atoms with E-state index < -0.39 is 5.60 Å². The molecule has 0 saturated carbocycles. The maximum atomic E-state index is 12.4. The smallest absolute Gasteiger partial charge is 0.254 e. The lowest BCUT2D eigenvalue weighted by atomic mass is 10.1. The van der Waals surface area contributed by atoms with E-state index in [-0.39, 0.29) is 12.5 Å². The molecule has 20 heavy (non-hydrogen) atoms. The van der Waals surface area contributed by atoms with Crippen LogP contribution in [0.4, 0.5) is 5.69 Å². The number of anilines is 1. The highest BCUT2D eigenvalue weighted by Gasteiger charge is 2.22. The summed E-state index contributed by atoms with van der Waals surface area (Å²) in [5.41, 5.74) is 5.88. The van der Waals surface area contributed by atoms with Gasteiger partial charge in [0.1, 0.15) is 5.75 Å². The summed E-state index contributed by atoms with van der Waals surface area (Å²) < 4.78 is 5.35. The van der Waals surface area contributed by atoms with Crippen LogP contribution in [-0.2, 0) is 0 Å². The Morgan fingerprint density at radius 1 is 1.40 bits per heavy atom. The number of benzene rings is 1. The summed E-state index contributed by atoms with van der Waals surface area (Å²) >= 11 is 0. The minimum atomic E-state index is -0.928. The number of rotatable bonds is 6. The van der Waals surface area contributed by atoms with Crippen LogP contribution in [0.1, 0.15) is 38.1 Å². The first-order chi connectivity index (χ1) is 9.28. The summed E-state index contributed by atoms with van der Waals surface area (Å²) in [6, 6.07) is 5.00. The fourth-order valence-electron chi connectivity index (χ4n) is 1.95. The Hall–Kier alpha value is -1.75. The van der Waals surface area contributed by atoms with Crippen molar-refractivity contribution in [3.05, 3.63) is 23.8 Å². The van der Waals surface area contributed by atoms with Crippen molar-refractivity contribution in [3.63, 3.8) is 0 Å². The lowest BCUT2D eigenvalue weighted by Crippen LogP contribution is -2.42. The van der Waals surface area contributed by atoms with Crippen LogP contribution in [0.25, 0.3) is 0 Å². The Kier molecular flexibility index (Phi) is 5.39. The molecule has 1 rings (SSSR count). The van der Waals surface area contributed by atoms with Gasteiger partial charge < -0.3 is 20.5 Å². The first-order valence-electron chi connectivity index (χ1n) is 6.82. The second-order valence-electron chi connectivity index (χ2n) is 5.32. The normalized spacial score (nSPS) is 11.2. The molecule has 5 nitrogen and oxygen atoms in total. The summed E-state index contributed by atoms with van der Waals surface area (Å²) in [6.45, 7) is 8.43. The molecule has 0 aliphatic rings. The Morgan fingerprint density at radius 3 is 2.50 bits per heavy atom. The third kappa shape index (κ3) is 4.42. The third-order valence-electron chi connectivity index (χ3n) is 2.80. The van der Waals surface area contributed by atoms with Crippen LogP contribution in [0.5, 0.6) is 5.75 Å². The minimum absolute atomic E-state index is 0.149. The fourth-order valence-corrected chi connectivity index (χ4v) is 1.95. The van der Waals surface area contributed by atoms with Gasteiger partial charge in [-0.05, 0) is 45.9 Å².